The zero-order valence-corrected chi connectivity index (χ0v) is 16.0. The van der Waals surface area contributed by atoms with Gasteiger partial charge in [-0.2, -0.15) is 0 Å². The molecule has 2 rings (SSSR count). The van der Waals surface area contributed by atoms with Crippen molar-refractivity contribution in [3.05, 3.63) is 23.8 Å². The predicted octanol–water partition coefficient (Wildman–Crippen LogP) is 2.30. The molecule has 0 radical (unpaired) electrons. The summed E-state index contributed by atoms with van der Waals surface area (Å²) >= 11 is 0. The summed E-state index contributed by atoms with van der Waals surface area (Å²) in [4.78, 5) is 4.65. The first-order valence-electron chi connectivity index (χ1n) is 7.75. The molecule has 0 fully saturated rings. The molecule has 0 atom stereocenters. The standard InChI is InChI=1S/C15H26N6.HI/c1-4-5-10-16-15(18-13-8-6-7-9-13)17-11-14-20-19-12(2)21(14)3;/h6-7,13H,4-5,8-11H2,1-3H3,(H2,16,17,18);1H. The van der Waals surface area contributed by atoms with Crippen molar-refractivity contribution in [2.75, 3.05) is 6.54 Å². The summed E-state index contributed by atoms with van der Waals surface area (Å²) in [5.41, 5.74) is 0. The van der Waals surface area contributed by atoms with E-state index < -0.39 is 0 Å². The Kier molecular flexibility index (Phi) is 8.44. The van der Waals surface area contributed by atoms with Gasteiger partial charge in [0.1, 0.15) is 12.4 Å². The van der Waals surface area contributed by atoms with E-state index in [1.807, 2.05) is 18.5 Å². The fourth-order valence-electron chi connectivity index (χ4n) is 2.20. The van der Waals surface area contributed by atoms with E-state index in [1.165, 1.54) is 6.42 Å². The minimum absolute atomic E-state index is 0. The number of rotatable bonds is 6. The average molecular weight is 418 g/mol. The summed E-state index contributed by atoms with van der Waals surface area (Å²) < 4.78 is 1.98. The van der Waals surface area contributed by atoms with Crippen LogP contribution < -0.4 is 10.6 Å². The van der Waals surface area contributed by atoms with Crippen LogP contribution in [0.4, 0.5) is 0 Å². The Labute approximate surface area is 149 Å². The molecule has 6 nitrogen and oxygen atoms in total. The van der Waals surface area contributed by atoms with Crippen LogP contribution in [0.15, 0.2) is 17.1 Å². The van der Waals surface area contributed by atoms with Gasteiger partial charge in [-0.05, 0) is 26.2 Å². The number of aromatic nitrogens is 3. The smallest absolute Gasteiger partial charge is 0.191 e. The molecule has 0 saturated carbocycles. The minimum atomic E-state index is 0. The maximum absolute atomic E-state index is 4.65. The zero-order chi connectivity index (χ0) is 15.1. The second-order valence-corrected chi connectivity index (χ2v) is 5.45. The van der Waals surface area contributed by atoms with Crippen molar-refractivity contribution in [2.24, 2.45) is 12.0 Å². The summed E-state index contributed by atoms with van der Waals surface area (Å²) in [7, 11) is 1.97. The molecule has 1 heterocycles. The number of nitrogens with zero attached hydrogens (tertiary/aromatic N) is 4. The normalized spacial score (nSPS) is 15.0. The van der Waals surface area contributed by atoms with Crippen molar-refractivity contribution in [1.29, 1.82) is 0 Å². The Balaban J connectivity index is 0.00000242. The van der Waals surface area contributed by atoms with Gasteiger partial charge in [-0.15, -0.1) is 34.2 Å². The number of guanidine groups is 1. The summed E-state index contributed by atoms with van der Waals surface area (Å²) in [6.45, 7) is 5.62. The fourth-order valence-corrected chi connectivity index (χ4v) is 2.20. The quantitative estimate of drug-likeness (QED) is 0.245. The van der Waals surface area contributed by atoms with Crippen LogP contribution in [0.25, 0.3) is 0 Å². The van der Waals surface area contributed by atoms with Crippen LogP contribution >= 0.6 is 24.0 Å². The molecule has 7 heteroatoms. The Morgan fingerprint density at radius 3 is 2.68 bits per heavy atom. The third-order valence-electron chi connectivity index (χ3n) is 3.73. The Bertz CT molecular complexity index is 500. The number of unbranched alkanes of at least 4 members (excludes halogenated alkanes) is 1. The average Bonchev–Trinajstić information content (AvgIpc) is 3.09. The van der Waals surface area contributed by atoms with Crippen LogP contribution in [-0.4, -0.2) is 33.3 Å². The molecule has 124 valence electrons. The molecule has 0 saturated heterocycles. The maximum atomic E-state index is 4.65. The lowest BCUT2D eigenvalue weighted by atomic mass is 10.2. The van der Waals surface area contributed by atoms with Gasteiger partial charge in [-0.25, -0.2) is 4.99 Å². The Hall–Kier alpha value is -1.12. The van der Waals surface area contributed by atoms with Crippen LogP contribution in [0.5, 0.6) is 0 Å². The topological polar surface area (TPSA) is 67.1 Å². The highest BCUT2D eigenvalue weighted by Crippen LogP contribution is 2.09. The lowest BCUT2D eigenvalue weighted by Gasteiger charge is -2.17. The molecule has 2 N–H and O–H groups in total. The van der Waals surface area contributed by atoms with E-state index in [4.69, 9.17) is 0 Å². The van der Waals surface area contributed by atoms with Crippen molar-refractivity contribution in [1.82, 2.24) is 25.4 Å². The van der Waals surface area contributed by atoms with E-state index in [1.54, 1.807) is 0 Å². The van der Waals surface area contributed by atoms with Gasteiger partial charge >= 0.3 is 0 Å². The van der Waals surface area contributed by atoms with Gasteiger partial charge in [-0.1, -0.05) is 25.5 Å². The summed E-state index contributed by atoms with van der Waals surface area (Å²) in [5, 5.41) is 15.1. The van der Waals surface area contributed by atoms with Crippen molar-refractivity contribution in [2.45, 2.75) is 52.1 Å². The van der Waals surface area contributed by atoms with E-state index in [9.17, 15) is 0 Å². The molecule has 22 heavy (non-hydrogen) atoms. The van der Waals surface area contributed by atoms with Crippen molar-refractivity contribution < 1.29 is 0 Å². The number of aryl methyl sites for hydroxylation is 1. The van der Waals surface area contributed by atoms with E-state index in [0.717, 1.165) is 43.4 Å². The minimum Gasteiger partial charge on any atom is -0.356 e. The van der Waals surface area contributed by atoms with Gasteiger partial charge in [-0.3, -0.25) is 0 Å². The third-order valence-corrected chi connectivity index (χ3v) is 3.73. The van der Waals surface area contributed by atoms with Gasteiger partial charge in [0, 0.05) is 19.6 Å². The molecule has 0 aliphatic heterocycles. The van der Waals surface area contributed by atoms with E-state index in [0.29, 0.717) is 12.6 Å². The van der Waals surface area contributed by atoms with Gasteiger partial charge < -0.3 is 15.2 Å². The lowest BCUT2D eigenvalue weighted by molar-refractivity contribution is 0.623. The zero-order valence-electron chi connectivity index (χ0n) is 13.7. The van der Waals surface area contributed by atoms with E-state index >= 15 is 0 Å². The molecule has 0 amide bonds. The second-order valence-electron chi connectivity index (χ2n) is 5.45. The Morgan fingerprint density at radius 2 is 2.09 bits per heavy atom. The summed E-state index contributed by atoms with van der Waals surface area (Å²) in [6.07, 6.45) is 8.89. The highest BCUT2D eigenvalue weighted by Gasteiger charge is 2.12. The van der Waals surface area contributed by atoms with Gasteiger partial charge in [0.25, 0.3) is 0 Å². The monoisotopic (exact) mass is 418 g/mol. The number of hydrogen-bond donors (Lipinski definition) is 2. The maximum Gasteiger partial charge on any atom is 0.191 e. The molecular weight excluding hydrogens is 391 g/mol. The number of nitrogens with one attached hydrogen (secondary N) is 2. The fraction of sp³-hybridized carbons (Fsp3) is 0.667. The molecule has 1 aromatic rings. The molecule has 0 unspecified atom stereocenters. The molecule has 0 spiro atoms. The number of hydrogen-bond acceptors (Lipinski definition) is 3. The number of aliphatic imine (C=N–C) groups is 1. The van der Waals surface area contributed by atoms with Crippen LogP contribution in [0.3, 0.4) is 0 Å². The third kappa shape index (κ3) is 5.58. The highest BCUT2D eigenvalue weighted by molar-refractivity contribution is 14.0. The number of halogens is 1. The summed E-state index contributed by atoms with van der Waals surface area (Å²) in [6, 6.07) is 0.458. The van der Waals surface area contributed by atoms with Gasteiger partial charge in [0.05, 0.1) is 0 Å². The predicted molar refractivity (Wildman–Crippen MR) is 101 cm³/mol. The second kappa shape index (κ2) is 9.81. The molecule has 0 bridgehead atoms. The van der Waals surface area contributed by atoms with Crippen LogP contribution in [0.1, 0.15) is 44.3 Å². The van der Waals surface area contributed by atoms with Crippen molar-refractivity contribution in [3.63, 3.8) is 0 Å². The lowest BCUT2D eigenvalue weighted by Crippen LogP contribution is -2.43. The van der Waals surface area contributed by atoms with Crippen LogP contribution in [0.2, 0.25) is 0 Å². The highest BCUT2D eigenvalue weighted by atomic mass is 127. The largest absolute Gasteiger partial charge is 0.356 e. The van der Waals surface area contributed by atoms with Gasteiger partial charge in [0.2, 0.25) is 0 Å². The van der Waals surface area contributed by atoms with Crippen LogP contribution in [-0.2, 0) is 13.6 Å². The van der Waals surface area contributed by atoms with Gasteiger partial charge in [0.15, 0.2) is 11.8 Å². The molecular formula is C15H27IN6. The van der Waals surface area contributed by atoms with E-state index in [-0.39, 0.29) is 24.0 Å². The SMILES string of the molecule is CCCCNC(=NCc1nnc(C)n1C)NC1CC=CC1.I. The summed E-state index contributed by atoms with van der Waals surface area (Å²) in [5.74, 6) is 2.67. The van der Waals surface area contributed by atoms with E-state index in [2.05, 4.69) is 44.9 Å². The Morgan fingerprint density at radius 1 is 1.36 bits per heavy atom. The van der Waals surface area contributed by atoms with Crippen molar-refractivity contribution >= 4 is 29.9 Å². The molecule has 1 aromatic heterocycles. The van der Waals surface area contributed by atoms with Crippen LogP contribution in [0, 0.1) is 6.92 Å². The molecule has 1 aliphatic carbocycles. The first-order valence-corrected chi connectivity index (χ1v) is 7.75. The first kappa shape index (κ1) is 18.9. The molecule has 0 aromatic carbocycles. The molecule has 1 aliphatic rings. The first-order chi connectivity index (χ1) is 10.2. The van der Waals surface area contributed by atoms with Crippen molar-refractivity contribution in [3.8, 4) is 0 Å².